The smallest absolute Gasteiger partial charge is 0.201 e. The maximum absolute atomic E-state index is 9.61. The second kappa shape index (κ2) is 3.72. The van der Waals surface area contributed by atoms with Crippen molar-refractivity contribution in [2.45, 2.75) is 16.6 Å². The van der Waals surface area contributed by atoms with Gasteiger partial charge in [-0.3, -0.25) is 0 Å². The van der Waals surface area contributed by atoms with Crippen molar-refractivity contribution in [3.8, 4) is 0 Å². The first-order chi connectivity index (χ1) is 5.55. The molecule has 2 nitrogen and oxygen atoms in total. The molecular formula is C9H11IO2. The molecule has 0 fully saturated rings. The maximum Gasteiger partial charge on any atom is 0.201 e. The van der Waals surface area contributed by atoms with Crippen molar-refractivity contribution in [2.75, 3.05) is 0 Å². The molecular weight excluding hydrogens is 267 g/mol. The Kier molecular flexibility index (Phi) is 3.09. The summed E-state index contributed by atoms with van der Waals surface area (Å²) in [6.45, 7) is 1.76. The summed E-state index contributed by atoms with van der Waals surface area (Å²) in [5.74, 6) is -1.72. The topological polar surface area (TPSA) is 40.5 Å². The van der Waals surface area contributed by atoms with Gasteiger partial charge in [-0.2, -0.15) is 0 Å². The minimum Gasteiger partial charge on any atom is -0.361 e. The SMILES string of the molecule is CC(I)C(O)(O)c1ccccc1. The molecule has 1 aromatic rings. The van der Waals surface area contributed by atoms with E-state index in [4.69, 9.17) is 0 Å². The van der Waals surface area contributed by atoms with Crippen molar-refractivity contribution in [1.29, 1.82) is 0 Å². The minimum atomic E-state index is -1.72. The van der Waals surface area contributed by atoms with Crippen LogP contribution >= 0.6 is 22.6 Å². The summed E-state index contributed by atoms with van der Waals surface area (Å²) in [6.07, 6.45) is 0. The van der Waals surface area contributed by atoms with Gasteiger partial charge < -0.3 is 10.2 Å². The van der Waals surface area contributed by atoms with Crippen LogP contribution in [0, 0.1) is 0 Å². The van der Waals surface area contributed by atoms with Crippen LogP contribution in [0.4, 0.5) is 0 Å². The average Bonchev–Trinajstić information content (AvgIpc) is 2.06. The first kappa shape index (κ1) is 9.95. The number of alkyl halides is 1. The number of halogens is 1. The van der Waals surface area contributed by atoms with Gasteiger partial charge in [-0.15, -0.1) is 0 Å². The van der Waals surface area contributed by atoms with Crippen molar-refractivity contribution in [3.63, 3.8) is 0 Å². The molecule has 0 aromatic heterocycles. The monoisotopic (exact) mass is 278 g/mol. The Bertz CT molecular complexity index is 244. The molecule has 3 heteroatoms. The molecule has 0 heterocycles. The normalized spacial score (nSPS) is 14.3. The van der Waals surface area contributed by atoms with Gasteiger partial charge in [-0.25, -0.2) is 0 Å². The Morgan fingerprint density at radius 2 is 1.75 bits per heavy atom. The molecule has 0 saturated carbocycles. The first-order valence-electron chi connectivity index (χ1n) is 3.69. The van der Waals surface area contributed by atoms with Crippen LogP contribution < -0.4 is 0 Å². The average molecular weight is 278 g/mol. The van der Waals surface area contributed by atoms with Crippen LogP contribution in [-0.4, -0.2) is 14.1 Å². The third kappa shape index (κ3) is 1.97. The fourth-order valence-corrected chi connectivity index (χ4v) is 1.27. The Morgan fingerprint density at radius 3 is 2.17 bits per heavy atom. The van der Waals surface area contributed by atoms with E-state index in [0.29, 0.717) is 5.56 Å². The van der Waals surface area contributed by atoms with Gasteiger partial charge in [0.25, 0.3) is 0 Å². The first-order valence-corrected chi connectivity index (χ1v) is 4.94. The number of hydrogen-bond acceptors (Lipinski definition) is 2. The summed E-state index contributed by atoms with van der Waals surface area (Å²) in [4.78, 5) is 0. The highest BCUT2D eigenvalue weighted by Gasteiger charge is 2.30. The molecule has 0 aliphatic heterocycles. The van der Waals surface area contributed by atoms with Crippen LogP contribution in [0.25, 0.3) is 0 Å². The van der Waals surface area contributed by atoms with E-state index in [1.165, 1.54) is 0 Å². The number of benzene rings is 1. The van der Waals surface area contributed by atoms with E-state index < -0.39 is 5.79 Å². The van der Waals surface area contributed by atoms with Gasteiger partial charge in [0.05, 0.1) is 3.92 Å². The second-order valence-corrected chi connectivity index (χ2v) is 4.58. The second-order valence-electron chi connectivity index (χ2n) is 2.71. The molecule has 0 aliphatic rings. The summed E-state index contributed by atoms with van der Waals surface area (Å²) >= 11 is 1.99. The van der Waals surface area contributed by atoms with E-state index in [0.717, 1.165) is 0 Å². The molecule has 0 radical (unpaired) electrons. The Balaban J connectivity index is 2.98. The molecule has 1 unspecified atom stereocenters. The van der Waals surface area contributed by atoms with Crippen LogP contribution in [-0.2, 0) is 5.79 Å². The molecule has 0 amide bonds. The van der Waals surface area contributed by atoms with E-state index in [2.05, 4.69) is 0 Å². The lowest BCUT2D eigenvalue weighted by Gasteiger charge is -2.24. The fraction of sp³-hybridized carbons (Fsp3) is 0.333. The highest BCUT2D eigenvalue weighted by molar-refractivity contribution is 14.1. The van der Waals surface area contributed by atoms with Crippen molar-refractivity contribution >= 4 is 22.6 Å². The quantitative estimate of drug-likeness (QED) is 0.490. The Hall–Kier alpha value is -0.130. The lowest BCUT2D eigenvalue weighted by Crippen LogP contribution is -2.33. The predicted octanol–water partition coefficient (Wildman–Crippen LogP) is 1.65. The zero-order chi connectivity index (χ0) is 9.19. The van der Waals surface area contributed by atoms with E-state index in [1.54, 1.807) is 31.2 Å². The largest absolute Gasteiger partial charge is 0.361 e. The number of aliphatic hydroxyl groups is 2. The summed E-state index contributed by atoms with van der Waals surface area (Å²) in [7, 11) is 0. The van der Waals surface area contributed by atoms with Crippen molar-refractivity contribution in [2.24, 2.45) is 0 Å². The molecule has 0 bridgehead atoms. The summed E-state index contributed by atoms with van der Waals surface area (Å²) in [5.41, 5.74) is 0.534. The van der Waals surface area contributed by atoms with E-state index in [-0.39, 0.29) is 3.92 Å². The van der Waals surface area contributed by atoms with Gasteiger partial charge in [-0.05, 0) is 6.92 Å². The van der Waals surface area contributed by atoms with E-state index in [1.807, 2.05) is 28.7 Å². The highest BCUT2D eigenvalue weighted by atomic mass is 127. The van der Waals surface area contributed by atoms with Crippen molar-refractivity contribution in [3.05, 3.63) is 35.9 Å². The Labute approximate surface area is 85.4 Å². The summed E-state index contributed by atoms with van der Waals surface area (Å²) < 4.78 is -0.238. The number of rotatable bonds is 2. The molecule has 66 valence electrons. The lowest BCUT2D eigenvalue weighted by atomic mass is 10.0. The van der Waals surface area contributed by atoms with Gasteiger partial charge in [0, 0.05) is 5.56 Å². The molecule has 12 heavy (non-hydrogen) atoms. The summed E-state index contributed by atoms with van der Waals surface area (Å²) in [5, 5.41) is 19.2. The molecule has 0 spiro atoms. The maximum atomic E-state index is 9.61. The van der Waals surface area contributed by atoms with Crippen LogP contribution in [0.3, 0.4) is 0 Å². The van der Waals surface area contributed by atoms with Crippen molar-refractivity contribution < 1.29 is 10.2 Å². The van der Waals surface area contributed by atoms with Crippen LogP contribution in [0.1, 0.15) is 12.5 Å². The fourth-order valence-electron chi connectivity index (χ4n) is 0.913. The Morgan fingerprint density at radius 1 is 1.25 bits per heavy atom. The minimum absolute atomic E-state index is 0.238. The lowest BCUT2D eigenvalue weighted by molar-refractivity contribution is -0.162. The zero-order valence-corrected chi connectivity index (χ0v) is 8.89. The molecule has 0 saturated heterocycles. The van der Waals surface area contributed by atoms with Gasteiger partial charge in [0.15, 0.2) is 0 Å². The predicted molar refractivity (Wildman–Crippen MR) is 56.0 cm³/mol. The molecule has 1 aromatic carbocycles. The highest BCUT2D eigenvalue weighted by Crippen LogP contribution is 2.26. The molecule has 0 aliphatic carbocycles. The van der Waals surface area contributed by atoms with Crippen molar-refractivity contribution in [1.82, 2.24) is 0 Å². The van der Waals surface area contributed by atoms with E-state index in [9.17, 15) is 10.2 Å². The molecule has 1 rings (SSSR count). The third-order valence-corrected chi connectivity index (χ3v) is 2.62. The third-order valence-electron chi connectivity index (χ3n) is 1.75. The van der Waals surface area contributed by atoms with Gasteiger partial charge >= 0.3 is 0 Å². The van der Waals surface area contributed by atoms with Crippen LogP contribution in [0.5, 0.6) is 0 Å². The summed E-state index contributed by atoms with van der Waals surface area (Å²) in [6, 6.07) is 8.83. The van der Waals surface area contributed by atoms with Crippen LogP contribution in [0.2, 0.25) is 0 Å². The number of hydrogen-bond donors (Lipinski definition) is 2. The molecule has 2 N–H and O–H groups in total. The van der Waals surface area contributed by atoms with Gasteiger partial charge in [0.2, 0.25) is 5.79 Å². The molecule has 1 atom stereocenters. The zero-order valence-electron chi connectivity index (χ0n) is 6.74. The van der Waals surface area contributed by atoms with Gasteiger partial charge in [0.1, 0.15) is 0 Å². The standard InChI is InChI=1S/C9H11IO2/c1-7(10)9(11,12)8-5-3-2-4-6-8/h2-7,11-12H,1H3. The van der Waals surface area contributed by atoms with Gasteiger partial charge in [-0.1, -0.05) is 52.9 Å². The van der Waals surface area contributed by atoms with Crippen LogP contribution in [0.15, 0.2) is 30.3 Å². The van der Waals surface area contributed by atoms with E-state index >= 15 is 0 Å².